The fourth-order valence-electron chi connectivity index (χ4n) is 1.72. The first-order valence-corrected chi connectivity index (χ1v) is 5.14. The molecule has 2 rings (SSSR count). The van der Waals surface area contributed by atoms with Crippen LogP contribution in [0.25, 0.3) is 11.3 Å². The number of nitrogens with one attached hydrogen (secondary N) is 1. The first-order valence-electron chi connectivity index (χ1n) is 5.14. The molecule has 0 saturated carbocycles. The van der Waals surface area contributed by atoms with Crippen LogP contribution in [0.1, 0.15) is 5.56 Å². The zero-order chi connectivity index (χ0) is 11.5. The van der Waals surface area contributed by atoms with Crippen molar-refractivity contribution in [2.45, 2.75) is 6.54 Å². The molecule has 0 spiro atoms. The Labute approximate surface area is 93.9 Å². The summed E-state index contributed by atoms with van der Waals surface area (Å²) in [6.07, 6.45) is 1.73. The molecule has 0 bridgehead atoms. The van der Waals surface area contributed by atoms with Gasteiger partial charge in [0.25, 0.3) is 0 Å². The summed E-state index contributed by atoms with van der Waals surface area (Å²) in [5.41, 5.74) is 2.63. The fourth-order valence-corrected chi connectivity index (χ4v) is 1.72. The minimum atomic E-state index is -0.180. The Morgan fingerprint density at radius 3 is 2.81 bits per heavy atom. The van der Waals surface area contributed by atoms with E-state index in [0.29, 0.717) is 12.1 Å². The topological polar surface area (TPSA) is 29.9 Å². The Kier molecular flexibility index (Phi) is 3.01. The number of benzene rings is 1. The van der Waals surface area contributed by atoms with Crippen LogP contribution in [-0.4, -0.2) is 16.8 Å². The summed E-state index contributed by atoms with van der Waals surface area (Å²) < 4.78 is 15.2. The van der Waals surface area contributed by atoms with Gasteiger partial charge in [0.1, 0.15) is 5.82 Å². The van der Waals surface area contributed by atoms with Gasteiger partial charge in [-0.1, -0.05) is 0 Å². The monoisotopic (exact) mass is 219 g/mol. The lowest BCUT2D eigenvalue weighted by molar-refractivity contribution is 0.601. The van der Waals surface area contributed by atoms with Crippen LogP contribution in [0.3, 0.4) is 0 Å². The minimum absolute atomic E-state index is 0.180. The minimum Gasteiger partial charge on any atom is -0.316 e. The van der Waals surface area contributed by atoms with Crippen LogP contribution in [0, 0.1) is 5.82 Å². The van der Waals surface area contributed by atoms with Gasteiger partial charge in [0.2, 0.25) is 0 Å². The molecular formula is C12H14FN3. The van der Waals surface area contributed by atoms with E-state index in [2.05, 4.69) is 10.4 Å². The van der Waals surface area contributed by atoms with Crippen LogP contribution >= 0.6 is 0 Å². The van der Waals surface area contributed by atoms with Crippen molar-refractivity contribution >= 4 is 0 Å². The molecule has 84 valence electrons. The van der Waals surface area contributed by atoms with E-state index in [9.17, 15) is 4.39 Å². The van der Waals surface area contributed by atoms with Crippen molar-refractivity contribution in [3.63, 3.8) is 0 Å². The second-order valence-corrected chi connectivity index (χ2v) is 3.68. The van der Waals surface area contributed by atoms with Gasteiger partial charge in [-0.15, -0.1) is 0 Å². The van der Waals surface area contributed by atoms with Crippen LogP contribution in [0.4, 0.5) is 4.39 Å². The van der Waals surface area contributed by atoms with Crippen molar-refractivity contribution < 1.29 is 4.39 Å². The lowest BCUT2D eigenvalue weighted by Crippen LogP contribution is -2.07. The SMILES string of the molecule is CNCc1cc(-c2ccnn2C)ccc1F. The highest BCUT2D eigenvalue weighted by Crippen LogP contribution is 2.21. The van der Waals surface area contributed by atoms with E-state index in [-0.39, 0.29) is 5.82 Å². The Bertz CT molecular complexity index is 491. The van der Waals surface area contributed by atoms with Crippen LogP contribution in [0.15, 0.2) is 30.5 Å². The lowest BCUT2D eigenvalue weighted by Gasteiger charge is -2.06. The maximum absolute atomic E-state index is 13.4. The summed E-state index contributed by atoms with van der Waals surface area (Å²) in [5, 5.41) is 7.05. The van der Waals surface area contributed by atoms with E-state index in [1.807, 2.05) is 19.2 Å². The van der Waals surface area contributed by atoms with Crippen molar-refractivity contribution in [2.24, 2.45) is 7.05 Å². The second-order valence-electron chi connectivity index (χ2n) is 3.68. The van der Waals surface area contributed by atoms with E-state index < -0.39 is 0 Å². The summed E-state index contributed by atoms with van der Waals surface area (Å²) in [7, 11) is 3.67. The van der Waals surface area contributed by atoms with Crippen LogP contribution in [0.5, 0.6) is 0 Å². The van der Waals surface area contributed by atoms with E-state index in [1.54, 1.807) is 24.0 Å². The summed E-state index contributed by atoms with van der Waals surface area (Å²) in [6, 6.07) is 7.03. The normalized spacial score (nSPS) is 10.7. The van der Waals surface area contributed by atoms with Gasteiger partial charge in [-0.3, -0.25) is 4.68 Å². The van der Waals surface area contributed by atoms with Crippen molar-refractivity contribution in [1.82, 2.24) is 15.1 Å². The highest BCUT2D eigenvalue weighted by Gasteiger charge is 2.06. The molecule has 0 amide bonds. The third-order valence-electron chi connectivity index (χ3n) is 2.53. The predicted octanol–water partition coefficient (Wildman–Crippen LogP) is 1.95. The molecule has 0 radical (unpaired) electrons. The number of rotatable bonds is 3. The van der Waals surface area contributed by atoms with Crippen molar-refractivity contribution in [2.75, 3.05) is 7.05 Å². The smallest absolute Gasteiger partial charge is 0.127 e. The molecule has 16 heavy (non-hydrogen) atoms. The number of halogens is 1. The molecule has 0 aliphatic heterocycles. The Morgan fingerprint density at radius 1 is 1.38 bits per heavy atom. The Hall–Kier alpha value is -1.68. The predicted molar refractivity (Wildman–Crippen MR) is 61.4 cm³/mol. The summed E-state index contributed by atoms with van der Waals surface area (Å²) in [6.45, 7) is 0.525. The summed E-state index contributed by atoms with van der Waals surface area (Å²) >= 11 is 0. The van der Waals surface area contributed by atoms with Gasteiger partial charge in [-0.05, 0) is 31.3 Å². The molecule has 1 aromatic heterocycles. The fraction of sp³-hybridized carbons (Fsp3) is 0.250. The number of hydrogen-bond donors (Lipinski definition) is 1. The number of hydrogen-bond acceptors (Lipinski definition) is 2. The average Bonchev–Trinajstić information content (AvgIpc) is 2.68. The van der Waals surface area contributed by atoms with E-state index in [1.165, 1.54) is 6.07 Å². The third kappa shape index (κ3) is 1.97. The largest absolute Gasteiger partial charge is 0.316 e. The molecule has 0 atom stereocenters. The van der Waals surface area contributed by atoms with E-state index >= 15 is 0 Å². The molecule has 3 nitrogen and oxygen atoms in total. The maximum Gasteiger partial charge on any atom is 0.127 e. The molecule has 4 heteroatoms. The molecule has 0 aliphatic carbocycles. The van der Waals surface area contributed by atoms with E-state index in [0.717, 1.165) is 11.3 Å². The molecule has 2 aromatic rings. The average molecular weight is 219 g/mol. The van der Waals surface area contributed by atoms with E-state index in [4.69, 9.17) is 0 Å². The van der Waals surface area contributed by atoms with Crippen molar-refractivity contribution in [3.8, 4) is 11.3 Å². The quantitative estimate of drug-likeness (QED) is 0.855. The van der Waals surface area contributed by atoms with Crippen molar-refractivity contribution in [1.29, 1.82) is 0 Å². The zero-order valence-electron chi connectivity index (χ0n) is 9.37. The molecule has 1 N–H and O–H groups in total. The highest BCUT2D eigenvalue weighted by molar-refractivity contribution is 5.60. The third-order valence-corrected chi connectivity index (χ3v) is 2.53. The Morgan fingerprint density at radius 2 is 2.19 bits per heavy atom. The molecule has 1 heterocycles. The van der Waals surface area contributed by atoms with Crippen LogP contribution in [-0.2, 0) is 13.6 Å². The van der Waals surface area contributed by atoms with Crippen LogP contribution in [0.2, 0.25) is 0 Å². The van der Waals surface area contributed by atoms with Gasteiger partial charge in [0.05, 0.1) is 5.69 Å². The van der Waals surface area contributed by atoms with Crippen LogP contribution < -0.4 is 5.32 Å². The van der Waals surface area contributed by atoms with Gasteiger partial charge in [0.15, 0.2) is 0 Å². The zero-order valence-corrected chi connectivity index (χ0v) is 9.37. The molecular weight excluding hydrogens is 205 g/mol. The molecule has 0 fully saturated rings. The van der Waals surface area contributed by atoms with Gasteiger partial charge in [-0.25, -0.2) is 4.39 Å². The molecule has 0 aliphatic rings. The lowest BCUT2D eigenvalue weighted by atomic mass is 10.1. The van der Waals surface area contributed by atoms with Gasteiger partial charge < -0.3 is 5.32 Å². The first-order chi connectivity index (χ1) is 7.72. The maximum atomic E-state index is 13.4. The molecule has 1 aromatic carbocycles. The summed E-state index contributed by atoms with van der Waals surface area (Å²) in [4.78, 5) is 0. The number of aromatic nitrogens is 2. The summed E-state index contributed by atoms with van der Waals surface area (Å²) in [5.74, 6) is -0.180. The first kappa shape index (κ1) is 10.8. The molecule has 0 saturated heterocycles. The van der Waals surface area contributed by atoms with Gasteiger partial charge in [-0.2, -0.15) is 5.10 Å². The van der Waals surface area contributed by atoms with Crippen molar-refractivity contribution in [3.05, 3.63) is 41.8 Å². The highest BCUT2D eigenvalue weighted by atomic mass is 19.1. The standard InChI is InChI=1S/C12H14FN3/c1-14-8-10-7-9(3-4-11(10)13)12-5-6-15-16(12)2/h3-7,14H,8H2,1-2H3. The number of nitrogens with zero attached hydrogens (tertiary/aromatic N) is 2. The van der Waals surface area contributed by atoms with Gasteiger partial charge in [0, 0.05) is 30.9 Å². The second kappa shape index (κ2) is 4.45. The Balaban J connectivity index is 2.43. The number of aryl methyl sites for hydroxylation is 1. The van der Waals surface area contributed by atoms with Gasteiger partial charge >= 0.3 is 0 Å². The molecule has 0 unspecified atom stereocenters.